The highest BCUT2D eigenvalue weighted by atomic mass is 19.4. The lowest BCUT2D eigenvalue weighted by molar-refractivity contribution is -0.153. The highest BCUT2D eigenvalue weighted by Crippen LogP contribution is 2.43. The first-order valence-electron chi connectivity index (χ1n) is 11.6. The van der Waals surface area contributed by atoms with E-state index in [1.165, 1.54) is 18.6 Å². The van der Waals surface area contributed by atoms with E-state index in [2.05, 4.69) is 11.7 Å². The zero-order chi connectivity index (χ0) is 24.9. The predicted octanol–water partition coefficient (Wildman–Crippen LogP) is 7.55. The molecule has 3 nitrogen and oxygen atoms in total. The van der Waals surface area contributed by atoms with Gasteiger partial charge in [0.1, 0.15) is 18.1 Å². The molecule has 2 rings (SSSR count). The van der Waals surface area contributed by atoms with Crippen LogP contribution in [0.15, 0.2) is 24.3 Å². The van der Waals surface area contributed by atoms with E-state index >= 15 is 0 Å². The van der Waals surface area contributed by atoms with Gasteiger partial charge in [0.15, 0.2) is 6.61 Å². The molecule has 0 aliphatic heterocycles. The molecule has 1 saturated carbocycles. The van der Waals surface area contributed by atoms with Crippen LogP contribution < -0.4 is 4.74 Å². The number of aryl methyl sites for hydroxylation is 1. The second-order valence-corrected chi connectivity index (χ2v) is 8.88. The summed E-state index contributed by atoms with van der Waals surface area (Å²) in [5, 5.41) is 0. The minimum Gasteiger partial charge on any atom is -0.484 e. The molecular weight excluding hydrogens is 443 g/mol. The minimum atomic E-state index is -4.27. The van der Waals surface area contributed by atoms with E-state index in [1.54, 1.807) is 19.1 Å². The molecule has 1 aromatic rings. The molecule has 0 amide bonds. The number of benzene rings is 1. The van der Waals surface area contributed by atoms with Gasteiger partial charge in [0, 0.05) is 12.0 Å². The van der Waals surface area contributed by atoms with Gasteiger partial charge in [-0.25, -0.2) is 8.78 Å². The first kappa shape index (κ1) is 29.3. The van der Waals surface area contributed by atoms with Crippen molar-refractivity contribution in [1.29, 1.82) is 0 Å². The van der Waals surface area contributed by atoms with Crippen molar-refractivity contribution in [3.63, 3.8) is 0 Å². The predicted molar refractivity (Wildman–Crippen MR) is 119 cm³/mol. The summed E-state index contributed by atoms with van der Waals surface area (Å²) in [6, 6.07) is 6.43. The standard InChI is InChI=1S/C16H28F2O2.C9H9F3O/c1-3-4-5-8-16(13(2)19)9-6-14(7-10-16)11-20-12-15(17)18;1-7-2-4-8(5-3-7)13-6-9(10,11)12/h14-15H,3-12H2,1-2H3;2-5H,6H2,1H3. The zero-order valence-electron chi connectivity index (χ0n) is 19.9. The van der Waals surface area contributed by atoms with Crippen LogP contribution in [0.5, 0.6) is 5.75 Å². The summed E-state index contributed by atoms with van der Waals surface area (Å²) in [5.74, 6) is 0.885. The Bertz CT molecular complexity index is 666. The molecule has 0 atom stereocenters. The van der Waals surface area contributed by atoms with E-state index in [0.29, 0.717) is 18.3 Å². The monoisotopic (exact) mass is 480 g/mol. The summed E-state index contributed by atoms with van der Waals surface area (Å²) >= 11 is 0. The van der Waals surface area contributed by atoms with E-state index < -0.39 is 25.8 Å². The molecule has 190 valence electrons. The van der Waals surface area contributed by atoms with Crippen LogP contribution >= 0.6 is 0 Å². The number of carbonyl (C=O) groups is 1. The van der Waals surface area contributed by atoms with Gasteiger partial charge in [-0.3, -0.25) is 4.79 Å². The number of ketones is 1. The Morgan fingerprint density at radius 2 is 1.73 bits per heavy atom. The van der Waals surface area contributed by atoms with Gasteiger partial charge in [-0.2, -0.15) is 13.2 Å². The fraction of sp³-hybridized carbons (Fsp3) is 0.720. The molecule has 1 aliphatic carbocycles. The fourth-order valence-electron chi connectivity index (χ4n) is 4.01. The Kier molecular flexibility index (Phi) is 12.9. The van der Waals surface area contributed by atoms with Gasteiger partial charge in [-0.15, -0.1) is 0 Å². The molecule has 1 fully saturated rings. The lowest BCUT2D eigenvalue weighted by Gasteiger charge is -2.38. The molecule has 0 N–H and O–H groups in total. The molecule has 0 saturated heterocycles. The van der Waals surface area contributed by atoms with Gasteiger partial charge in [-0.1, -0.05) is 43.9 Å². The van der Waals surface area contributed by atoms with Crippen molar-refractivity contribution >= 4 is 5.78 Å². The van der Waals surface area contributed by atoms with Crippen molar-refractivity contribution in [3.05, 3.63) is 29.8 Å². The highest BCUT2D eigenvalue weighted by molar-refractivity contribution is 5.82. The van der Waals surface area contributed by atoms with Crippen molar-refractivity contribution in [1.82, 2.24) is 0 Å². The van der Waals surface area contributed by atoms with Crippen LogP contribution in [0.25, 0.3) is 0 Å². The number of halogens is 5. The summed E-state index contributed by atoms with van der Waals surface area (Å²) in [4.78, 5) is 12.0. The van der Waals surface area contributed by atoms with Crippen molar-refractivity contribution in [2.24, 2.45) is 11.3 Å². The van der Waals surface area contributed by atoms with Gasteiger partial charge in [-0.05, 0) is 64.0 Å². The number of ether oxygens (including phenoxy) is 2. The van der Waals surface area contributed by atoms with Gasteiger partial charge in [0.05, 0.1) is 0 Å². The number of alkyl halides is 5. The topological polar surface area (TPSA) is 35.5 Å². The van der Waals surface area contributed by atoms with Crippen LogP contribution in [0.1, 0.15) is 70.8 Å². The molecule has 0 spiro atoms. The molecule has 0 heterocycles. The van der Waals surface area contributed by atoms with Gasteiger partial charge in [0.2, 0.25) is 0 Å². The maximum absolute atomic E-state index is 12.0. The van der Waals surface area contributed by atoms with E-state index in [-0.39, 0.29) is 11.2 Å². The number of unbranched alkanes of at least 4 members (excludes halogenated alkanes) is 2. The minimum absolute atomic E-state index is 0.144. The molecule has 0 aromatic heterocycles. The van der Waals surface area contributed by atoms with E-state index in [1.807, 2.05) is 6.92 Å². The molecule has 0 bridgehead atoms. The van der Waals surface area contributed by atoms with Crippen LogP contribution in [-0.4, -0.2) is 38.2 Å². The van der Waals surface area contributed by atoms with Crippen LogP contribution in [0.2, 0.25) is 0 Å². The van der Waals surface area contributed by atoms with Gasteiger partial charge >= 0.3 is 6.18 Å². The maximum atomic E-state index is 12.0. The second-order valence-electron chi connectivity index (χ2n) is 8.88. The Morgan fingerprint density at radius 1 is 1.12 bits per heavy atom. The van der Waals surface area contributed by atoms with Crippen LogP contribution in [0, 0.1) is 18.3 Å². The lowest BCUT2D eigenvalue weighted by Crippen LogP contribution is -2.35. The molecule has 1 aromatic carbocycles. The maximum Gasteiger partial charge on any atom is 0.422 e. The van der Waals surface area contributed by atoms with Crippen LogP contribution in [0.4, 0.5) is 22.0 Å². The molecule has 33 heavy (non-hydrogen) atoms. The molecule has 0 radical (unpaired) electrons. The summed E-state index contributed by atoms with van der Waals surface area (Å²) < 4.78 is 68.7. The normalized spacial score (nSPS) is 20.8. The van der Waals surface area contributed by atoms with E-state index in [4.69, 9.17) is 4.74 Å². The average molecular weight is 481 g/mol. The first-order valence-corrected chi connectivity index (χ1v) is 11.6. The third-order valence-electron chi connectivity index (χ3n) is 6.09. The van der Waals surface area contributed by atoms with Crippen molar-refractivity contribution in [2.45, 2.75) is 84.7 Å². The zero-order valence-corrected chi connectivity index (χ0v) is 19.9. The largest absolute Gasteiger partial charge is 0.484 e. The van der Waals surface area contributed by atoms with Crippen molar-refractivity contribution in [3.8, 4) is 5.75 Å². The number of rotatable bonds is 11. The lowest BCUT2D eigenvalue weighted by atomic mass is 9.66. The summed E-state index contributed by atoms with van der Waals surface area (Å²) in [7, 11) is 0. The Hall–Kier alpha value is -1.70. The second kappa shape index (κ2) is 14.5. The molecular formula is C25H37F5O3. The summed E-state index contributed by atoms with van der Waals surface area (Å²) in [6.45, 7) is 4.43. The van der Waals surface area contributed by atoms with Gasteiger partial charge < -0.3 is 9.47 Å². The Labute approximate surface area is 194 Å². The third kappa shape index (κ3) is 12.4. The molecule has 1 aliphatic rings. The summed E-state index contributed by atoms with van der Waals surface area (Å²) in [6.07, 6.45) is 1.43. The van der Waals surface area contributed by atoms with Crippen LogP contribution in [0.3, 0.4) is 0 Å². The number of hydrogen-bond acceptors (Lipinski definition) is 3. The fourth-order valence-corrected chi connectivity index (χ4v) is 4.01. The van der Waals surface area contributed by atoms with Crippen molar-refractivity contribution < 1.29 is 36.2 Å². The third-order valence-corrected chi connectivity index (χ3v) is 6.09. The van der Waals surface area contributed by atoms with E-state index in [0.717, 1.165) is 50.5 Å². The Balaban J connectivity index is 0.000000361. The van der Waals surface area contributed by atoms with Crippen LogP contribution in [-0.2, 0) is 9.53 Å². The first-order chi connectivity index (χ1) is 15.5. The van der Waals surface area contributed by atoms with Gasteiger partial charge in [0.25, 0.3) is 6.43 Å². The number of Topliss-reactive ketones (excluding diaryl/α,β-unsaturated/α-hetero) is 1. The summed E-state index contributed by atoms with van der Waals surface area (Å²) in [5.41, 5.74) is 0.841. The SMILES string of the molecule is CCCCCC1(C(C)=O)CCC(COCC(F)F)CC1.Cc1ccc(OCC(F)(F)F)cc1. The highest BCUT2D eigenvalue weighted by Gasteiger charge is 2.38. The Morgan fingerprint density at radius 3 is 2.21 bits per heavy atom. The smallest absolute Gasteiger partial charge is 0.422 e. The molecule has 0 unspecified atom stereocenters. The number of hydrogen-bond donors (Lipinski definition) is 0. The molecule has 8 heteroatoms. The van der Waals surface area contributed by atoms with E-state index in [9.17, 15) is 26.7 Å². The number of carbonyl (C=O) groups excluding carboxylic acids is 1. The average Bonchev–Trinajstić information content (AvgIpc) is 2.74. The quantitative estimate of drug-likeness (QED) is 0.242. The van der Waals surface area contributed by atoms with Crippen molar-refractivity contribution in [2.75, 3.05) is 19.8 Å².